The van der Waals surface area contributed by atoms with Gasteiger partial charge in [0.05, 0.1) is 0 Å². The van der Waals surface area contributed by atoms with Crippen LogP contribution in [0.1, 0.15) is 30.8 Å². The molecule has 0 bridgehead atoms. The summed E-state index contributed by atoms with van der Waals surface area (Å²) in [6.07, 6.45) is 4.31. The van der Waals surface area contributed by atoms with Crippen LogP contribution in [0.2, 0.25) is 0 Å². The summed E-state index contributed by atoms with van der Waals surface area (Å²) in [6, 6.07) is 7.36. The van der Waals surface area contributed by atoms with E-state index in [9.17, 15) is 4.79 Å². The molecule has 1 amide bonds. The van der Waals surface area contributed by atoms with Crippen molar-refractivity contribution in [1.29, 1.82) is 0 Å². The number of likely N-dealkylation sites (tertiary alicyclic amines) is 1. The highest BCUT2D eigenvalue weighted by Crippen LogP contribution is 2.28. The largest absolute Gasteiger partial charge is 0.337 e. The maximum atomic E-state index is 12.7. The third-order valence-electron chi connectivity index (χ3n) is 4.29. The molecule has 0 saturated carbocycles. The van der Waals surface area contributed by atoms with E-state index >= 15 is 0 Å². The van der Waals surface area contributed by atoms with Gasteiger partial charge in [0.15, 0.2) is 5.82 Å². The fourth-order valence-electron chi connectivity index (χ4n) is 2.78. The van der Waals surface area contributed by atoms with Crippen molar-refractivity contribution in [3.8, 4) is 5.82 Å². The molecular formula is C16H21N5O. The van der Waals surface area contributed by atoms with Crippen LogP contribution in [0, 0.1) is 5.41 Å². The average molecular weight is 299 g/mol. The molecule has 1 unspecified atom stereocenters. The van der Waals surface area contributed by atoms with Gasteiger partial charge >= 0.3 is 0 Å². The van der Waals surface area contributed by atoms with Gasteiger partial charge in [-0.25, -0.2) is 9.67 Å². The second kappa shape index (κ2) is 5.53. The quantitative estimate of drug-likeness (QED) is 0.911. The molecule has 2 aromatic rings. The minimum absolute atomic E-state index is 0.0472. The van der Waals surface area contributed by atoms with Gasteiger partial charge in [0.1, 0.15) is 5.69 Å². The Hall–Kier alpha value is -2.21. The van der Waals surface area contributed by atoms with E-state index in [4.69, 9.17) is 5.73 Å². The first-order valence-electron chi connectivity index (χ1n) is 7.49. The molecule has 3 rings (SSSR count). The predicted molar refractivity (Wildman–Crippen MR) is 83.6 cm³/mol. The monoisotopic (exact) mass is 299 g/mol. The molecule has 6 heteroatoms. The lowest BCUT2D eigenvalue weighted by molar-refractivity contribution is 0.0527. The molecule has 3 heterocycles. The van der Waals surface area contributed by atoms with Gasteiger partial charge in [-0.2, -0.15) is 5.10 Å². The van der Waals surface area contributed by atoms with Crippen molar-refractivity contribution in [2.75, 3.05) is 13.1 Å². The second-order valence-electron chi connectivity index (χ2n) is 6.44. The molecule has 0 spiro atoms. The van der Waals surface area contributed by atoms with Gasteiger partial charge in [-0.3, -0.25) is 4.79 Å². The number of hydrogen-bond donors (Lipinski definition) is 1. The Morgan fingerprint density at radius 2 is 2.18 bits per heavy atom. The van der Waals surface area contributed by atoms with Crippen LogP contribution in [0.25, 0.3) is 5.82 Å². The van der Waals surface area contributed by atoms with Crippen molar-refractivity contribution in [3.05, 3.63) is 42.4 Å². The Morgan fingerprint density at radius 3 is 2.86 bits per heavy atom. The van der Waals surface area contributed by atoms with Crippen LogP contribution < -0.4 is 5.73 Å². The number of hydrogen-bond acceptors (Lipinski definition) is 4. The van der Waals surface area contributed by atoms with Crippen molar-refractivity contribution < 1.29 is 4.79 Å². The average Bonchev–Trinajstić information content (AvgIpc) is 3.04. The molecule has 0 aliphatic carbocycles. The summed E-state index contributed by atoms with van der Waals surface area (Å²) in [5.41, 5.74) is 6.50. The van der Waals surface area contributed by atoms with Gasteiger partial charge in [-0.15, -0.1) is 0 Å². The molecule has 0 radical (unpaired) electrons. The molecule has 1 aliphatic heterocycles. The number of piperidine rings is 1. The highest BCUT2D eigenvalue weighted by Gasteiger charge is 2.35. The Kier molecular flexibility index (Phi) is 3.70. The van der Waals surface area contributed by atoms with Crippen LogP contribution in [-0.2, 0) is 0 Å². The highest BCUT2D eigenvalue weighted by molar-refractivity contribution is 5.92. The Bertz CT molecular complexity index is 665. The predicted octanol–water partition coefficient (Wildman–Crippen LogP) is 1.47. The number of aromatic nitrogens is 3. The van der Waals surface area contributed by atoms with Crippen LogP contribution in [0.4, 0.5) is 0 Å². The summed E-state index contributed by atoms with van der Waals surface area (Å²) in [5.74, 6) is 0.595. The fourth-order valence-corrected chi connectivity index (χ4v) is 2.78. The zero-order valence-electron chi connectivity index (χ0n) is 12.9. The normalized spacial score (nSPS) is 20.9. The third kappa shape index (κ3) is 2.74. The van der Waals surface area contributed by atoms with Crippen molar-refractivity contribution in [3.63, 3.8) is 0 Å². The summed E-state index contributed by atoms with van der Waals surface area (Å²) in [7, 11) is 0. The Labute approximate surface area is 129 Å². The molecule has 2 aromatic heterocycles. The number of pyridine rings is 1. The van der Waals surface area contributed by atoms with Gasteiger partial charge in [0.25, 0.3) is 5.91 Å². The molecule has 6 nitrogen and oxygen atoms in total. The fraction of sp³-hybridized carbons (Fsp3) is 0.438. The second-order valence-corrected chi connectivity index (χ2v) is 6.44. The van der Waals surface area contributed by atoms with Crippen LogP contribution in [0.3, 0.4) is 0 Å². The summed E-state index contributed by atoms with van der Waals surface area (Å²) < 4.78 is 1.65. The van der Waals surface area contributed by atoms with Crippen LogP contribution in [0.5, 0.6) is 0 Å². The Balaban J connectivity index is 1.82. The SMILES string of the molecule is CC1(C)CN(C(=O)c2cccc(-n3cccn3)n2)CCC1N. The molecule has 0 aromatic carbocycles. The van der Waals surface area contributed by atoms with E-state index in [-0.39, 0.29) is 17.4 Å². The lowest BCUT2D eigenvalue weighted by Crippen LogP contribution is -2.54. The van der Waals surface area contributed by atoms with Crippen molar-refractivity contribution in [1.82, 2.24) is 19.7 Å². The lowest BCUT2D eigenvalue weighted by atomic mass is 9.79. The van der Waals surface area contributed by atoms with Crippen LogP contribution in [-0.4, -0.2) is 44.7 Å². The van der Waals surface area contributed by atoms with Crippen molar-refractivity contribution in [2.24, 2.45) is 11.1 Å². The van der Waals surface area contributed by atoms with E-state index in [1.54, 1.807) is 23.1 Å². The van der Waals surface area contributed by atoms with Crippen molar-refractivity contribution >= 4 is 5.91 Å². The first-order valence-corrected chi connectivity index (χ1v) is 7.49. The highest BCUT2D eigenvalue weighted by atomic mass is 16.2. The first-order chi connectivity index (χ1) is 10.5. The molecule has 116 valence electrons. The van der Waals surface area contributed by atoms with Gasteiger partial charge in [-0.1, -0.05) is 19.9 Å². The van der Waals surface area contributed by atoms with Gasteiger partial charge in [-0.05, 0) is 30.0 Å². The first kappa shape index (κ1) is 14.7. The number of carbonyl (C=O) groups is 1. The van der Waals surface area contributed by atoms with Gasteiger partial charge in [0, 0.05) is 31.5 Å². The summed E-state index contributed by atoms with van der Waals surface area (Å²) in [5, 5.41) is 4.15. The molecule has 2 N–H and O–H groups in total. The molecule has 1 atom stereocenters. The molecule has 1 fully saturated rings. The number of nitrogens with zero attached hydrogens (tertiary/aromatic N) is 4. The molecular weight excluding hydrogens is 278 g/mol. The van der Waals surface area contributed by atoms with E-state index in [0.29, 0.717) is 24.6 Å². The third-order valence-corrected chi connectivity index (χ3v) is 4.29. The minimum atomic E-state index is -0.0759. The molecule has 22 heavy (non-hydrogen) atoms. The van der Waals surface area contributed by atoms with E-state index in [0.717, 1.165) is 6.42 Å². The number of rotatable bonds is 2. The molecule has 1 aliphatic rings. The number of nitrogens with two attached hydrogens (primary N) is 1. The topological polar surface area (TPSA) is 77.0 Å². The summed E-state index contributed by atoms with van der Waals surface area (Å²) in [6.45, 7) is 5.53. The maximum Gasteiger partial charge on any atom is 0.272 e. The van der Waals surface area contributed by atoms with E-state index in [1.165, 1.54) is 0 Å². The van der Waals surface area contributed by atoms with Crippen LogP contribution >= 0.6 is 0 Å². The van der Waals surface area contributed by atoms with Crippen LogP contribution in [0.15, 0.2) is 36.7 Å². The van der Waals surface area contributed by atoms with Gasteiger partial charge < -0.3 is 10.6 Å². The van der Waals surface area contributed by atoms with E-state index < -0.39 is 0 Å². The zero-order chi connectivity index (χ0) is 15.7. The smallest absolute Gasteiger partial charge is 0.272 e. The zero-order valence-corrected chi connectivity index (χ0v) is 12.9. The van der Waals surface area contributed by atoms with E-state index in [2.05, 4.69) is 23.9 Å². The standard InChI is InChI=1S/C16H21N5O/c1-16(2)11-20(10-7-13(16)17)15(22)12-5-3-6-14(19-12)21-9-4-8-18-21/h3-6,8-9,13H,7,10-11,17H2,1-2H3. The summed E-state index contributed by atoms with van der Waals surface area (Å²) in [4.78, 5) is 19.0. The number of carbonyl (C=O) groups excluding carboxylic acids is 1. The van der Waals surface area contributed by atoms with E-state index in [1.807, 2.05) is 23.1 Å². The maximum absolute atomic E-state index is 12.7. The number of amides is 1. The summed E-state index contributed by atoms with van der Waals surface area (Å²) >= 11 is 0. The lowest BCUT2D eigenvalue weighted by Gasteiger charge is -2.42. The molecule has 1 saturated heterocycles. The van der Waals surface area contributed by atoms with Gasteiger partial charge in [0.2, 0.25) is 0 Å². The van der Waals surface area contributed by atoms with Crippen molar-refractivity contribution in [2.45, 2.75) is 26.3 Å². The minimum Gasteiger partial charge on any atom is -0.337 e. The Morgan fingerprint density at radius 1 is 1.36 bits per heavy atom.